The molecule has 0 amide bonds. The number of aliphatic hydroxyl groups is 7. The normalized spacial score (nSPS) is 56.5. The lowest BCUT2D eigenvalue weighted by Crippen LogP contribution is -2.62. The minimum Gasteiger partial charge on any atom is -0.432 e. The van der Waals surface area contributed by atoms with Gasteiger partial charge in [0.15, 0.2) is 0 Å². The van der Waals surface area contributed by atoms with Crippen molar-refractivity contribution in [1.82, 2.24) is 0 Å². The monoisotopic (exact) mass is 514 g/mol. The van der Waals surface area contributed by atoms with Gasteiger partial charge in [-0.15, -0.1) is 0 Å². The van der Waals surface area contributed by atoms with E-state index in [9.17, 15) is 40.5 Å². The van der Waals surface area contributed by atoms with E-state index in [4.69, 9.17) is 9.47 Å². The Morgan fingerprint density at radius 3 is 2.28 bits per heavy atom. The minimum atomic E-state index is -1.65. The Morgan fingerprint density at radius 2 is 1.61 bits per heavy atom. The minimum absolute atomic E-state index is 0.0410. The van der Waals surface area contributed by atoms with Crippen molar-refractivity contribution >= 4 is 5.97 Å². The molecule has 206 valence electrons. The maximum Gasteiger partial charge on any atom is 0.314 e. The third kappa shape index (κ3) is 3.49. The number of rotatable bonds is 4. The summed E-state index contributed by atoms with van der Waals surface area (Å²) in [4.78, 5) is 13.7. The van der Waals surface area contributed by atoms with Crippen LogP contribution in [0.1, 0.15) is 71.6 Å². The van der Waals surface area contributed by atoms with E-state index < -0.39 is 66.5 Å². The summed E-state index contributed by atoms with van der Waals surface area (Å²) in [6.07, 6.45) is -1.83. The molecule has 2 bridgehead atoms. The number of carbonyl (C=O) groups excluding carboxylic acids is 1. The van der Waals surface area contributed by atoms with Crippen molar-refractivity contribution in [3.63, 3.8) is 0 Å². The van der Waals surface area contributed by atoms with Crippen LogP contribution < -0.4 is 0 Å². The molecule has 0 aromatic carbocycles. The predicted octanol–water partition coefficient (Wildman–Crippen LogP) is -0.419. The van der Waals surface area contributed by atoms with E-state index >= 15 is 0 Å². The van der Waals surface area contributed by atoms with Gasteiger partial charge < -0.3 is 45.2 Å². The summed E-state index contributed by atoms with van der Waals surface area (Å²) in [6.45, 7) is 3.02. The first kappa shape index (κ1) is 26.7. The molecule has 5 aliphatic rings. The van der Waals surface area contributed by atoms with Gasteiger partial charge >= 0.3 is 5.97 Å². The molecule has 1 aliphatic heterocycles. The average Bonchev–Trinajstić information content (AvgIpc) is 2.99. The summed E-state index contributed by atoms with van der Waals surface area (Å²) in [6, 6.07) is 0. The molecule has 4 aliphatic carbocycles. The molecule has 1 heterocycles. The van der Waals surface area contributed by atoms with Gasteiger partial charge in [0, 0.05) is 0 Å². The van der Waals surface area contributed by atoms with Crippen LogP contribution in [0.4, 0.5) is 0 Å². The van der Waals surface area contributed by atoms with Crippen molar-refractivity contribution in [2.75, 3.05) is 13.2 Å². The van der Waals surface area contributed by atoms with Gasteiger partial charge in [0.05, 0.1) is 24.2 Å². The maximum absolute atomic E-state index is 13.7. The van der Waals surface area contributed by atoms with Crippen molar-refractivity contribution in [3.8, 4) is 0 Å². The molecule has 12 atom stereocenters. The highest BCUT2D eigenvalue weighted by molar-refractivity contribution is 5.77. The molecule has 12 unspecified atom stereocenters. The fourth-order valence-electron chi connectivity index (χ4n) is 9.46. The molecule has 7 N–H and O–H groups in total. The van der Waals surface area contributed by atoms with Crippen molar-refractivity contribution in [2.45, 2.75) is 114 Å². The van der Waals surface area contributed by atoms with Gasteiger partial charge in [0.1, 0.15) is 30.0 Å². The highest BCUT2D eigenvalue weighted by Crippen LogP contribution is 2.73. The first-order valence-corrected chi connectivity index (χ1v) is 13.4. The lowest BCUT2D eigenvalue weighted by molar-refractivity contribution is -0.298. The number of hydrogen-bond donors (Lipinski definition) is 7. The SMILES string of the molecule is CC1(C(=O)OC2OC(CO)C(O)C(O)C2O)CCCC2(C)C3CCC4(O)CC3(CCC12)CC4(O)CO. The third-order valence-corrected chi connectivity index (χ3v) is 11.2. The van der Waals surface area contributed by atoms with E-state index in [-0.39, 0.29) is 22.7 Å². The number of fused-ring (bicyclic) bond motifs is 3. The van der Waals surface area contributed by atoms with E-state index in [2.05, 4.69) is 6.92 Å². The van der Waals surface area contributed by atoms with Crippen molar-refractivity contribution in [2.24, 2.45) is 28.1 Å². The fourth-order valence-corrected chi connectivity index (χ4v) is 9.46. The number of hydrogen-bond acceptors (Lipinski definition) is 10. The molecule has 10 nitrogen and oxygen atoms in total. The second-order valence-electron chi connectivity index (χ2n) is 13.0. The van der Waals surface area contributed by atoms with Gasteiger partial charge in [-0.3, -0.25) is 4.79 Å². The highest BCUT2D eigenvalue weighted by atomic mass is 16.7. The molecule has 0 aromatic rings. The van der Waals surface area contributed by atoms with Gasteiger partial charge in [-0.2, -0.15) is 0 Å². The zero-order chi connectivity index (χ0) is 26.3. The molecular weight excluding hydrogens is 472 g/mol. The largest absolute Gasteiger partial charge is 0.432 e. The molecular formula is C26H42O10. The van der Waals surface area contributed by atoms with E-state index in [1.807, 2.05) is 6.92 Å². The second-order valence-corrected chi connectivity index (χ2v) is 13.0. The van der Waals surface area contributed by atoms with Crippen LogP contribution in [-0.2, 0) is 14.3 Å². The Balaban J connectivity index is 1.39. The first-order chi connectivity index (χ1) is 16.8. The zero-order valence-corrected chi connectivity index (χ0v) is 21.2. The quantitative estimate of drug-likeness (QED) is 0.244. The Morgan fingerprint density at radius 1 is 0.917 bits per heavy atom. The van der Waals surface area contributed by atoms with E-state index in [0.29, 0.717) is 38.5 Å². The van der Waals surface area contributed by atoms with E-state index in [0.717, 1.165) is 19.3 Å². The zero-order valence-electron chi connectivity index (χ0n) is 21.2. The summed E-state index contributed by atoms with van der Waals surface area (Å²) in [5, 5.41) is 72.4. The molecule has 10 heteroatoms. The van der Waals surface area contributed by atoms with Crippen LogP contribution in [0.2, 0.25) is 0 Å². The maximum atomic E-state index is 13.7. The number of carbonyl (C=O) groups is 1. The lowest BCUT2D eigenvalue weighted by atomic mass is 9.41. The van der Waals surface area contributed by atoms with E-state index in [1.165, 1.54) is 0 Å². The summed E-state index contributed by atoms with van der Waals surface area (Å²) in [5.41, 5.74) is -4.23. The van der Waals surface area contributed by atoms with Crippen LogP contribution in [0.3, 0.4) is 0 Å². The Labute approximate surface area is 211 Å². The van der Waals surface area contributed by atoms with E-state index in [1.54, 1.807) is 0 Å². The highest BCUT2D eigenvalue weighted by Gasteiger charge is 2.72. The Bertz CT molecular complexity index is 881. The average molecular weight is 515 g/mol. The molecule has 5 fully saturated rings. The molecule has 1 spiro atoms. The number of aliphatic hydroxyl groups excluding tert-OH is 5. The van der Waals surface area contributed by atoms with Gasteiger partial charge in [-0.25, -0.2) is 0 Å². The van der Waals surface area contributed by atoms with Crippen molar-refractivity contribution in [1.29, 1.82) is 0 Å². The standard InChI is InChI=1S/C26H42O10/c1-22-6-3-7-23(2,21(32)36-20-19(31)18(30)17(29)14(10-27)35-20)15(22)4-8-24-11-25(33,9-5-16(22)24)26(34,12-24)13-28/h14-20,27-31,33-34H,3-13H2,1-2H3. The number of ether oxygens (including phenoxy) is 2. The molecule has 0 radical (unpaired) electrons. The molecule has 0 aromatic heterocycles. The fraction of sp³-hybridized carbons (Fsp3) is 0.962. The van der Waals surface area contributed by atoms with Crippen molar-refractivity contribution in [3.05, 3.63) is 0 Å². The van der Waals surface area contributed by atoms with Crippen LogP contribution in [0.15, 0.2) is 0 Å². The Hall–Kier alpha value is -0.850. The van der Waals surface area contributed by atoms with Crippen molar-refractivity contribution < 1.29 is 50.0 Å². The van der Waals surface area contributed by atoms with Gasteiger partial charge in [0.25, 0.3) is 0 Å². The third-order valence-electron chi connectivity index (χ3n) is 11.2. The Kier molecular flexibility index (Phi) is 6.37. The van der Waals surface area contributed by atoms with Gasteiger partial charge in [0.2, 0.25) is 6.29 Å². The summed E-state index contributed by atoms with van der Waals surface area (Å²) in [7, 11) is 0. The first-order valence-electron chi connectivity index (χ1n) is 13.4. The van der Waals surface area contributed by atoms with Crippen LogP contribution >= 0.6 is 0 Å². The van der Waals surface area contributed by atoms with Crippen LogP contribution in [-0.4, -0.2) is 96.8 Å². The molecule has 5 rings (SSSR count). The smallest absolute Gasteiger partial charge is 0.314 e. The molecule has 1 saturated heterocycles. The van der Waals surface area contributed by atoms with Gasteiger partial charge in [-0.05, 0) is 81.0 Å². The van der Waals surface area contributed by atoms with Gasteiger partial charge in [-0.1, -0.05) is 13.3 Å². The van der Waals surface area contributed by atoms with Crippen LogP contribution in [0.5, 0.6) is 0 Å². The lowest BCUT2D eigenvalue weighted by Gasteiger charge is -2.63. The summed E-state index contributed by atoms with van der Waals surface area (Å²) < 4.78 is 11.1. The number of esters is 1. The summed E-state index contributed by atoms with van der Waals surface area (Å²) in [5.74, 6) is -0.408. The topological polar surface area (TPSA) is 177 Å². The van der Waals surface area contributed by atoms with Crippen LogP contribution in [0.25, 0.3) is 0 Å². The second kappa shape index (κ2) is 8.58. The van der Waals surface area contributed by atoms with Crippen LogP contribution in [0, 0.1) is 28.1 Å². The molecule has 36 heavy (non-hydrogen) atoms. The molecule has 4 saturated carbocycles. The predicted molar refractivity (Wildman–Crippen MR) is 124 cm³/mol. The summed E-state index contributed by atoms with van der Waals surface area (Å²) >= 11 is 0.